The van der Waals surface area contributed by atoms with Gasteiger partial charge in [-0.15, -0.1) is 0 Å². The van der Waals surface area contributed by atoms with E-state index in [0.717, 1.165) is 52.1 Å². The first-order valence-corrected chi connectivity index (χ1v) is 13.1. The molecule has 0 aliphatic heterocycles. The highest BCUT2D eigenvalue weighted by atomic mass is 16.5. The lowest BCUT2D eigenvalue weighted by Gasteiger charge is -2.24. The molecule has 7 nitrogen and oxygen atoms in total. The normalized spacial score (nSPS) is 14.5. The number of nitrogens with one attached hydrogen (secondary N) is 2. The van der Waals surface area contributed by atoms with Crippen LogP contribution in [0.5, 0.6) is 5.75 Å². The van der Waals surface area contributed by atoms with Crippen molar-refractivity contribution in [1.29, 1.82) is 0 Å². The summed E-state index contributed by atoms with van der Waals surface area (Å²) in [5.41, 5.74) is 2.65. The second kappa shape index (κ2) is 10.6. The van der Waals surface area contributed by atoms with Crippen LogP contribution in [0.2, 0.25) is 0 Å². The van der Waals surface area contributed by atoms with Crippen molar-refractivity contribution in [2.45, 2.75) is 70.9 Å². The predicted octanol–water partition coefficient (Wildman–Crippen LogP) is 7.46. The second-order valence-corrected chi connectivity index (χ2v) is 10.8. The molecule has 0 saturated heterocycles. The molecule has 5 rings (SSSR count). The molecule has 2 heterocycles. The topological polar surface area (TPSA) is 81.1 Å². The summed E-state index contributed by atoms with van der Waals surface area (Å²) >= 11 is 0. The molecular weight excluding hydrogens is 462 g/mol. The van der Waals surface area contributed by atoms with Crippen molar-refractivity contribution in [2.24, 2.45) is 0 Å². The minimum absolute atomic E-state index is 0.102. The van der Waals surface area contributed by atoms with E-state index in [-0.39, 0.29) is 11.4 Å². The third-order valence-electron chi connectivity index (χ3n) is 6.94. The molecule has 192 valence electrons. The van der Waals surface area contributed by atoms with Gasteiger partial charge in [-0.1, -0.05) is 64.3 Å². The Bertz CT molecular complexity index is 1370. The van der Waals surface area contributed by atoms with Gasteiger partial charge in [0.15, 0.2) is 0 Å². The van der Waals surface area contributed by atoms with Gasteiger partial charge in [0, 0.05) is 34.6 Å². The quantitative estimate of drug-likeness (QED) is 0.290. The smallest absolute Gasteiger partial charge is 0.324 e. The van der Waals surface area contributed by atoms with Crippen molar-refractivity contribution in [3.63, 3.8) is 0 Å². The van der Waals surface area contributed by atoms with E-state index in [1.165, 1.54) is 19.3 Å². The number of carbonyl (C=O) groups is 1. The number of aromatic nitrogens is 3. The number of pyridine rings is 1. The molecule has 7 heteroatoms. The molecule has 2 aromatic heterocycles. The number of ether oxygens (including phenoxy) is 1. The van der Waals surface area contributed by atoms with Crippen LogP contribution in [0.3, 0.4) is 0 Å². The average Bonchev–Trinajstić information content (AvgIpc) is 3.33. The summed E-state index contributed by atoms with van der Waals surface area (Å²) in [6.45, 7) is 6.89. The van der Waals surface area contributed by atoms with Gasteiger partial charge < -0.3 is 10.1 Å². The zero-order valence-electron chi connectivity index (χ0n) is 21.8. The first-order chi connectivity index (χ1) is 17.9. The number of nitrogens with zero attached hydrogens (tertiary/aromatic N) is 3. The van der Waals surface area contributed by atoms with Gasteiger partial charge >= 0.3 is 6.03 Å². The molecule has 0 radical (unpaired) electrons. The minimum atomic E-state index is -0.284. The Morgan fingerprint density at radius 1 is 0.973 bits per heavy atom. The Hall–Kier alpha value is -3.87. The number of urea groups is 1. The number of hydrogen-bond donors (Lipinski definition) is 2. The maximum atomic E-state index is 13.2. The molecule has 37 heavy (non-hydrogen) atoms. The van der Waals surface area contributed by atoms with Crippen molar-refractivity contribution >= 4 is 28.3 Å². The van der Waals surface area contributed by atoms with E-state index in [0.29, 0.717) is 12.6 Å². The van der Waals surface area contributed by atoms with Gasteiger partial charge in [0.1, 0.15) is 18.2 Å². The summed E-state index contributed by atoms with van der Waals surface area (Å²) in [6.07, 6.45) is 9.36. The fraction of sp³-hybridized carbons (Fsp3) is 0.367. The van der Waals surface area contributed by atoms with Crippen LogP contribution in [0, 0.1) is 0 Å². The van der Waals surface area contributed by atoms with Crippen LogP contribution in [0.15, 0.2) is 67.0 Å². The SMILES string of the molecule is CC(C)(C)c1cc(NC(=O)Nc2ccc(OCc3ccncc3)c3ccccc23)n(C2CCCCC2)n1. The fourth-order valence-electron chi connectivity index (χ4n) is 4.87. The summed E-state index contributed by atoms with van der Waals surface area (Å²) in [4.78, 5) is 17.3. The van der Waals surface area contributed by atoms with E-state index in [9.17, 15) is 4.79 Å². The molecule has 0 unspecified atom stereocenters. The fourth-order valence-corrected chi connectivity index (χ4v) is 4.87. The van der Waals surface area contributed by atoms with Gasteiger partial charge in [-0.25, -0.2) is 9.48 Å². The zero-order valence-corrected chi connectivity index (χ0v) is 21.8. The molecule has 2 aromatic carbocycles. The van der Waals surface area contributed by atoms with Gasteiger partial charge in [-0.3, -0.25) is 10.3 Å². The Balaban J connectivity index is 1.36. The Labute approximate surface area is 218 Å². The molecular formula is C30H35N5O2. The summed E-state index contributed by atoms with van der Waals surface area (Å²) in [7, 11) is 0. The maximum absolute atomic E-state index is 13.2. The lowest BCUT2D eigenvalue weighted by Crippen LogP contribution is -2.24. The molecule has 2 N–H and O–H groups in total. The second-order valence-electron chi connectivity index (χ2n) is 10.8. The van der Waals surface area contributed by atoms with E-state index in [2.05, 4.69) is 36.4 Å². The van der Waals surface area contributed by atoms with Crippen molar-refractivity contribution in [2.75, 3.05) is 10.6 Å². The summed E-state index contributed by atoms with van der Waals surface area (Å²) in [5.74, 6) is 1.51. The van der Waals surface area contributed by atoms with E-state index in [1.807, 2.05) is 59.3 Å². The predicted molar refractivity (Wildman–Crippen MR) is 148 cm³/mol. The van der Waals surface area contributed by atoms with Gasteiger partial charge in [0.2, 0.25) is 0 Å². The van der Waals surface area contributed by atoms with E-state index in [4.69, 9.17) is 9.84 Å². The summed E-state index contributed by atoms with van der Waals surface area (Å²) in [5, 5.41) is 12.9. The van der Waals surface area contributed by atoms with Gasteiger partial charge in [0.05, 0.1) is 17.4 Å². The third-order valence-corrected chi connectivity index (χ3v) is 6.94. The number of amides is 2. The molecule has 1 aliphatic carbocycles. The number of anilines is 2. The van der Waals surface area contributed by atoms with E-state index >= 15 is 0 Å². The minimum Gasteiger partial charge on any atom is -0.488 e. The van der Waals surface area contributed by atoms with Crippen molar-refractivity contribution in [3.8, 4) is 5.75 Å². The van der Waals surface area contributed by atoms with Crippen molar-refractivity contribution < 1.29 is 9.53 Å². The number of carbonyl (C=O) groups excluding carboxylic acids is 1. The average molecular weight is 498 g/mol. The monoisotopic (exact) mass is 497 g/mol. The lowest BCUT2D eigenvalue weighted by molar-refractivity contribution is 0.261. The number of rotatable bonds is 6. The lowest BCUT2D eigenvalue weighted by atomic mass is 9.92. The van der Waals surface area contributed by atoms with Crippen molar-refractivity contribution in [1.82, 2.24) is 14.8 Å². The van der Waals surface area contributed by atoms with Gasteiger partial charge in [-0.2, -0.15) is 5.10 Å². The zero-order chi connectivity index (χ0) is 25.8. The third kappa shape index (κ3) is 5.77. The molecule has 0 atom stereocenters. The van der Waals surface area contributed by atoms with Crippen LogP contribution in [0.1, 0.15) is 70.2 Å². The highest BCUT2D eigenvalue weighted by Crippen LogP contribution is 2.34. The Kier molecular flexibility index (Phi) is 7.12. The summed E-state index contributed by atoms with van der Waals surface area (Å²) in [6, 6.07) is 17.7. The number of hydrogen-bond acceptors (Lipinski definition) is 4. The van der Waals surface area contributed by atoms with Gasteiger partial charge in [-0.05, 0) is 42.7 Å². The van der Waals surface area contributed by atoms with E-state index < -0.39 is 0 Å². The van der Waals surface area contributed by atoms with E-state index in [1.54, 1.807) is 12.4 Å². The highest BCUT2D eigenvalue weighted by molar-refractivity contribution is 6.07. The molecule has 1 aliphatic rings. The first-order valence-electron chi connectivity index (χ1n) is 13.1. The van der Waals surface area contributed by atoms with Crippen LogP contribution in [0.4, 0.5) is 16.3 Å². The summed E-state index contributed by atoms with van der Waals surface area (Å²) < 4.78 is 8.15. The Morgan fingerprint density at radius 2 is 1.70 bits per heavy atom. The van der Waals surface area contributed by atoms with Crippen LogP contribution >= 0.6 is 0 Å². The first kappa shape index (κ1) is 24.8. The maximum Gasteiger partial charge on any atom is 0.324 e. The molecule has 0 bridgehead atoms. The van der Waals surface area contributed by atoms with Crippen LogP contribution < -0.4 is 15.4 Å². The molecule has 1 saturated carbocycles. The number of fused-ring (bicyclic) bond motifs is 1. The molecule has 0 spiro atoms. The molecule has 2 amide bonds. The number of benzene rings is 2. The Morgan fingerprint density at radius 3 is 2.43 bits per heavy atom. The molecule has 1 fully saturated rings. The highest BCUT2D eigenvalue weighted by Gasteiger charge is 2.25. The largest absolute Gasteiger partial charge is 0.488 e. The van der Waals surface area contributed by atoms with Crippen LogP contribution in [-0.4, -0.2) is 20.8 Å². The standard InChI is InChI=1S/C30H35N5O2/c1-30(2,3)27-19-28(35(34-27)22-9-5-4-6-10-22)33-29(36)32-25-13-14-26(24-12-8-7-11-23(24)25)37-20-21-15-17-31-18-16-21/h7-8,11-19,22H,4-6,9-10,20H2,1-3H3,(H2,32,33,36). The van der Waals surface area contributed by atoms with Crippen LogP contribution in [0.25, 0.3) is 10.8 Å². The van der Waals surface area contributed by atoms with Crippen LogP contribution in [-0.2, 0) is 12.0 Å². The van der Waals surface area contributed by atoms with Crippen molar-refractivity contribution in [3.05, 3.63) is 78.2 Å². The molecule has 4 aromatic rings. The van der Waals surface area contributed by atoms with Gasteiger partial charge in [0.25, 0.3) is 0 Å².